The lowest BCUT2D eigenvalue weighted by atomic mass is 9.88. The van der Waals surface area contributed by atoms with E-state index in [-0.39, 0.29) is 32.1 Å². The van der Waals surface area contributed by atoms with Crippen LogP contribution < -0.4 is 14.8 Å². The van der Waals surface area contributed by atoms with E-state index in [2.05, 4.69) is 32.8 Å². The van der Waals surface area contributed by atoms with E-state index in [1.165, 1.54) is 13.2 Å². The minimum absolute atomic E-state index is 0.0716. The second kappa shape index (κ2) is 16.3. The Kier molecular flexibility index (Phi) is 13.1. The van der Waals surface area contributed by atoms with Gasteiger partial charge in [-0.15, -0.1) is 0 Å². The topological polar surface area (TPSA) is 141 Å². The summed E-state index contributed by atoms with van der Waals surface area (Å²) in [5.74, 6) is 0.0698. The number of aliphatic hydroxyl groups excluding tert-OH is 3. The smallest absolute Gasteiger partial charge is 0.247 e. The van der Waals surface area contributed by atoms with Gasteiger partial charge in [0.05, 0.1) is 43.1 Å². The number of carbonyl (C=O) groups excluding carboxylic acids is 2. The minimum Gasteiger partial charge on any atom is -0.493 e. The summed E-state index contributed by atoms with van der Waals surface area (Å²) in [6.45, 7) is 5.30. The summed E-state index contributed by atoms with van der Waals surface area (Å²) in [6, 6.07) is 2.65. The molecular weight excluding hydrogens is 633 g/mol. The number of rotatable bonds is 13. The van der Waals surface area contributed by atoms with E-state index in [9.17, 15) is 24.9 Å². The van der Waals surface area contributed by atoms with Crippen molar-refractivity contribution in [1.82, 2.24) is 15.1 Å². The van der Waals surface area contributed by atoms with Crippen molar-refractivity contribution in [3.63, 3.8) is 0 Å². The quantitative estimate of drug-likeness (QED) is 0.177. The van der Waals surface area contributed by atoms with E-state index in [0.29, 0.717) is 58.9 Å². The summed E-state index contributed by atoms with van der Waals surface area (Å²) < 4.78 is 17.9. The molecule has 0 unspecified atom stereocenters. The van der Waals surface area contributed by atoms with Crippen molar-refractivity contribution in [3.8, 4) is 11.5 Å². The van der Waals surface area contributed by atoms with Gasteiger partial charge in [-0.3, -0.25) is 14.5 Å². The Balaban J connectivity index is 1.96. The van der Waals surface area contributed by atoms with Gasteiger partial charge in [0.15, 0.2) is 11.5 Å². The number of amides is 2. The zero-order chi connectivity index (χ0) is 29.1. The van der Waals surface area contributed by atoms with E-state index in [1.807, 2.05) is 6.92 Å². The van der Waals surface area contributed by atoms with Crippen molar-refractivity contribution in [3.05, 3.63) is 45.1 Å². The summed E-state index contributed by atoms with van der Waals surface area (Å²) in [7, 11) is 1.48. The van der Waals surface area contributed by atoms with Crippen LogP contribution in [0.1, 0.15) is 25.3 Å². The second-order valence-electron chi connectivity index (χ2n) is 9.58. The Labute approximate surface area is 248 Å². The van der Waals surface area contributed by atoms with Gasteiger partial charge in [-0.25, -0.2) is 0 Å². The highest BCUT2D eigenvalue weighted by Crippen LogP contribution is 2.37. The first-order valence-corrected chi connectivity index (χ1v) is 14.6. The molecule has 1 aromatic carbocycles. The summed E-state index contributed by atoms with van der Waals surface area (Å²) in [5, 5.41) is 33.1. The van der Waals surface area contributed by atoms with Crippen LogP contribution in [0.25, 0.3) is 0 Å². The SMILES string of the molecule is CCC=CC(=O)N(CCN1CCOCC1)[C@@H]1CC(C(=O)NCCO)=C[C@H](Oc2c(I)cc(CO)cc2OC)[C@H]1O. The van der Waals surface area contributed by atoms with Gasteiger partial charge in [0.1, 0.15) is 12.2 Å². The molecule has 1 aromatic rings. The van der Waals surface area contributed by atoms with Crippen LogP contribution in [-0.4, -0.2) is 115 Å². The fourth-order valence-electron chi connectivity index (χ4n) is 4.72. The van der Waals surface area contributed by atoms with E-state index in [1.54, 1.807) is 29.2 Å². The number of carbonyl (C=O) groups is 2. The average Bonchev–Trinajstić information content (AvgIpc) is 2.97. The third-order valence-electron chi connectivity index (χ3n) is 6.88. The van der Waals surface area contributed by atoms with Crippen LogP contribution >= 0.6 is 22.6 Å². The van der Waals surface area contributed by atoms with Gasteiger partial charge in [0.25, 0.3) is 0 Å². The van der Waals surface area contributed by atoms with Gasteiger partial charge in [-0.05, 0) is 58.9 Å². The fraction of sp³-hybridized carbons (Fsp3) is 0.571. The Morgan fingerprint density at radius 3 is 2.67 bits per heavy atom. The van der Waals surface area contributed by atoms with Crippen molar-refractivity contribution in [1.29, 1.82) is 0 Å². The van der Waals surface area contributed by atoms with Gasteiger partial charge in [0.2, 0.25) is 11.8 Å². The molecule has 2 amide bonds. The number of nitrogens with one attached hydrogen (secondary N) is 1. The van der Waals surface area contributed by atoms with Crippen LogP contribution in [-0.2, 0) is 20.9 Å². The van der Waals surface area contributed by atoms with Gasteiger partial charge >= 0.3 is 0 Å². The normalized spacial score (nSPS) is 21.6. The molecule has 12 heteroatoms. The molecule has 0 spiro atoms. The average molecular weight is 674 g/mol. The molecule has 222 valence electrons. The van der Waals surface area contributed by atoms with E-state index in [0.717, 1.165) is 13.1 Å². The molecule has 4 N–H and O–H groups in total. The predicted octanol–water partition coefficient (Wildman–Crippen LogP) is 0.835. The van der Waals surface area contributed by atoms with Crippen molar-refractivity contribution in [2.45, 2.75) is 44.6 Å². The highest BCUT2D eigenvalue weighted by atomic mass is 127. The van der Waals surface area contributed by atoms with Gasteiger partial charge in [-0.1, -0.05) is 13.0 Å². The fourth-order valence-corrected chi connectivity index (χ4v) is 5.52. The van der Waals surface area contributed by atoms with E-state index >= 15 is 0 Å². The first-order valence-electron chi connectivity index (χ1n) is 13.5. The predicted molar refractivity (Wildman–Crippen MR) is 157 cm³/mol. The number of aliphatic hydroxyl groups is 3. The number of benzene rings is 1. The van der Waals surface area contributed by atoms with Gasteiger partial charge in [-0.2, -0.15) is 0 Å². The summed E-state index contributed by atoms with van der Waals surface area (Å²) in [5.41, 5.74) is 0.983. The number of halogens is 1. The molecule has 3 rings (SSSR count). The zero-order valence-corrected chi connectivity index (χ0v) is 25.2. The van der Waals surface area contributed by atoms with Gasteiger partial charge < -0.3 is 39.7 Å². The summed E-state index contributed by atoms with van der Waals surface area (Å²) in [4.78, 5) is 30.3. The van der Waals surface area contributed by atoms with Crippen LogP contribution in [0.3, 0.4) is 0 Å². The Hall–Kier alpha value is -2.23. The van der Waals surface area contributed by atoms with Crippen LogP contribution in [0.5, 0.6) is 11.5 Å². The monoisotopic (exact) mass is 673 g/mol. The lowest BCUT2D eigenvalue weighted by molar-refractivity contribution is -0.134. The first-order chi connectivity index (χ1) is 19.3. The summed E-state index contributed by atoms with van der Waals surface area (Å²) >= 11 is 2.07. The molecule has 1 saturated heterocycles. The molecule has 1 fully saturated rings. The largest absolute Gasteiger partial charge is 0.493 e. The molecule has 0 aromatic heterocycles. The Bertz CT molecular complexity index is 1060. The number of hydrogen-bond acceptors (Lipinski definition) is 9. The maximum absolute atomic E-state index is 13.4. The molecule has 0 radical (unpaired) electrons. The number of ether oxygens (including phenoxy) is 3. The number of hydrogen-bond donors (Lipinski definition) is 4. The molecule has 2 aliphatic rings. The van der Waals surface area contributed by atoms with Gasteiger partial charge in [0, 0.05) is 44.7 Å². The lowest BCUT2D eigenvalue weighted by Gasteiger charge is -2.41. The standard InChI is InChI=1S/C28H40IN3O8/c1-3-4-5-25(35)32(8-7-31-9-12-39-13-10-31)22-16-20(28(37)30-6-11-33)17-23(26(22)36)40-27-21(29)14-19(18-34)15-24(27)38-2/h4-5,14-15,17,22-23,26,33-34,36H,3,6-13,16,18H2,1-2H3,(H,30,37)/t22-,23+,26+/m1/s1. The maximum atomic E-state index is 13.4. The third-order valence-corrected chi connectivity index (χ3v) is 7.68. The van der Waals surface area contributed by atoms with Crippen LogP contribution in [0.4, 0.5) is 0 Å². The molecule has 40 heavy (non-hydrogen) atoms. The number of allylic oxidation sites excluding steroid dienone is 1. The Morgan fingerprint density at radius 2 is 2.02 bits per heavy atom. The molecule has 0 saturated carbocycles. The highest BCUT2D eigenvalue weighted by Gasteiger charge is 2.40. The highest BCUT2D eigenvalue weighted by molar-refractivity contribution is 14.1. The number of methoxy groups -OCH3 is 1. The molecule has 1 aliphatic heterocycles. The molecule has 0 bridgehead atoms. The van der Waals surface area contributed by atoms with Crippen molar-refractivity contribution in [2.24, 2.45) is 0 Å². The molecule has 1 heterocycles. The molecule has 11 nitrogen and oxygen atoms in total. The van der Waals surface area contributed by atoms with E-state index < -0.39 is 24.2 Å². The van der Waals surface area contributed by atoms with Crippen molar-refractivity contribution < 1.29 is 39.1 Å². The van der Waals surface area contributed by atoms with Crippen molar-refractivity contribution in [2.75, 3.05) is 59.7 Å². The van der Waals surface area contributed by atoms with Crippen molar-refractivity contribution >= 4 is 34.4 Å². The molecule has 3 atom stereocenters. The first kappa shape index (κ1) is 32.3. The number of nitrogens with zero attached hydrogens (tertiary/aromatic N) is 2. The summed E-state index contributed by atoms with van der Waals surface area (Å²) in [6.07, 6.45) is 3.50. The second-order valence-corrected chi connectivity index (χ2v) is 10.7. The maximum Gasteiger partial charge on any atom is 0.247 e. The van der Waals surface area contributed by atoms with Crippen LogP contribution in [0.2, 0.25) is 0 Å². The zero-order valence-electron chi connectivity index (χ0n) is 23.1. The Morgan fingerprint density at radius 1 is 1.27 bits per heavy atom. The molecule has 1 aliphatic carbocycles. The third kappa shape index (κ3) is 8.63. The number of morpholine rings is 1. The van der Waals surface area contributed by atoms with Crippen LogP contribution in [0, 0.1) is 3.57 Å². The minimum atomic E-state index is -1.16. The van der Waals surface area contributed by atoms with Crippen LogP contribution in [0.15, 0.2) is 35.9 Å². The van der Waals surface area contributed by atoms with E-state index in [4.69, 9.17) is 14.2 Å². The molecular formula is C28H40IN3O8. The lowest BCUT2D eigenvalue weighted by Crippen LogP contribution is -2.56.